The summed E-state index contributed by atoms with van der Waals surface area (Å²) < 4.78 is 5.45. The molecular formula is C17H23NO3S. The van der Waals surface area contributed by atoms with Crippen LogP contribution in [0.15, 0.2) is 28.0 Å². The van der Waals surface area contributed by atoms with Gasteiger partial charge in [-0.1, -0.05) is 13.0 Å². The number of thiophene rings is 1. The maximum Gasteiger partial charge on any atom is 0.223 e. The zero-order chi connectivity index (χ0) is 16.3. The van der Waals surface area contributed by atoms with E-state index in [1.807, 2.05) is 44.4 Å². The molecule has 2 aromatic rings. The van der Waals surface area contributed by atoms with Gasteiger partial charge in [0, 0.05) is 16.4 Å². The average molecular weight is 321 g/mol. The van der Waals surface area contributed by atoms with Gasteiger partial charge < -0.3 is 14.8 Å². The minimum absolute atomic E-state index is 0.0495. The number of rotatable bonds is 6. The lowest BCUT2D eigenvalue weighted by Crippen LogP contribution is -2.41. The second-order valence-corrected chi connectivity index (χ2v) is 7.04. The Morgan fingerprint density at radius 2 is 2.23 bits per heavy atom. The third kappa shape index (κ3) is 3.99. The summed E-state index contributed by atoms with van der Waals surface area (Å²) in [4.78, 5) is 13.4. The molecule has 2 aromatic heterocycles. The van der Waals surface area contributed by atoms with Crippen molar-refractivity contribution in [2.45, 2.75) is 39.7 Å². The molecule has 0 saturated heterocycles. The number of hydrogen-bond donors (Lipinski definition) is 2. The van der Waals surface area contributed by atoms with E-state index < -0.39 is 5.60 Å². The fourth-order valence-electron chi connectivity index (χ4n) is 2.52. The SMILES string of the molecule is Cc1cc(C(C)(O)CNC(=O)C(C)Cc2cccs2)c(C)o1. The third-order valence-corrected chi connectivity index (χ3v) is 4.66. The number of carbonyl (C=O) groups is 1. The van der Waals surface area contributed by atoms with E-state index in [0.717, 1.165) is 17.7 Å². The maximum atomic E-state index is 12.2. The highest BCUT2D eigenvalue weighted by molar-refractivity contribution is 7.09. The standard InChI is InChI=1S/C17H23NO3S/c1-11(8-14-6-5-7-22-14)16(19)18-10-17(4,20)15-9-12(2)21-13(15)3/h5-7,9,11,20H,8,10H2,1-4H3,(H,18,19). The zero-order valence-electron chi connectivity index (χ0n) is 13.5. The minimum Gasteiger partial charge on any atom is -0.466 e. The van der Waals surface area contributed by atoms with Crippen LogP contribution in [0.2, 0.25) is 0 Å². The summed E-state index contributed by atoms with van der Waals surface area (Å²) >= 11 is 1.65. The lowest BCUT2D eigenvalue weighted by atomic mass is 9.95. The monoisotopic (exact) mass is 321 g/mol. The first-order chi connectivity index (χ1) is 10.3. The fraction of sp³-hybridized carbons (Fsp3) is 0.471. The van der Waals surface area contributed by atoms with E-state index in [1.165, 1.54) is 4.88 Å². The molecule has 0 radical (unpaired) electrons. The predicted molar refractivity (Wildman–Crippen MR) is 87.9 cm³/mol. The zero-order valence-corrected chi connectivity index (χ0v) is 14.3. The topological polar surface area (TPSA) is 62.5 Å². The van der Waals surface area contributed by atoms with Crippen molar-refractivity contribution in [2.75, 3.05) is 6.54 Å². The number of aryl methyl sites for hydroxylation is 2. The molecule has 2 N–H and O–H groups in total. The van der Waals surface area contributed by atoms with Gasteiger partial charge in [-0.2, -0.15) is 0 Å². The molecule has 0 aliphatic heterocycles. The van der Waals surface area contributed by atoms with E-state index in [9.17, 15) is 9.90 Å². The molecule has 120 valence electrons. The summed E-state index contributed by atoms with van der Waals surface area (Å²) in [6.07, 6.45) is 0.718. The van der Waals surface area contributed by atoms with Crippen LogP contribution in [0.1, 0.15) is 35.8 Å². The molecule has 2 rings (SSSR count). The van der Waals surface area contributed by atoms with Gasteiger partial charge in [-0.05, 0) is 44.7 Å². The Morgan fingerprint density at radius 3 is 2.77 bits per heavy atom. The molecule has 5 heteroatoms. The molecule has 0 aliphatic rings. The Hall–Kier alpha value is -1.59. The van der Waals surface area contributed by atoms with Gasteiger partial charge in [-0.3, -0.25) is 4.79 Å². The number of aliphatic hydroxyl groups is 1. The molecular weight excluding hydrogens is 298 g/mol. The Kier molecular flexibility index (Phi) is 5.08. The Morgan fingerprint density at radius 1 is 1.50 bits per heavy atom. The molecule has 0 spiro atoms. The van der Waals surface area contributed by atoms with Gasteiger partial charge >= 0.3 is 0 Å². The van der Waals surface area contributed by atoms with E-state index in [2.05, 4.69) is 5.32 Å². The molecule has 0 bridgehead atoms. The first-order valence-corrected chi connectivity index (χ1v) is 8.27. The first-order valence-electron chi connectivity index (χ1n) is 7.39. The van der Waals surface area contributed by atoms with Crippen LogP contribution in [-0.2, 0) is 16.8 Å². The fourth-order valence-corrected chi connectivity index (χ4v) is 3.35. The smallest absolute Gasteiger partial charge is 0.223 e. The largest absolute Gasteiger partial charge is 0.466 e. The minimum atomic E-state index is -1.14. The summed E-state index contributed by atoms with van der Waals surface area (Å²) in [5.74, 6) is 1.27. The quantitative estimate of drug-likeness (QED) is 0.859. The van der Waals surface area contributed by atoms with Crippen molar-refractivity contribution in [3.05, 3.63) is 45.5 Å². The molecule has 2 heterocycles. The highest BCUT2D eigenvalue weighted by Crippen LogP contribution is 2.26. The third-order valence-electron chi connectivity index (χ3n) is 3.76. The lowest BCUT2D eigenvalue weighted by Gasteiger charge is -2.24. The Bertz CT molecular complexity index is 628. The Balaban J connectivity index is 1.93. The van der Waals surface area contributed by atoms with E-state index in [-0.39, 0.29) is 18.4 Å². The predicted octanol–water partition coefficient (Wildman–Crippen LogP) is 3.16. The molecule has 4 nitrogen and oxygen atoms in total. The highest BCUT2D eigenvalue weighted by Gasteiger charge is 2.28. The molecule has 0 fully saturated rings. The van der Waals surface area contributed by atoms with Crippen LogP contribution in [0.3, 0.4) is 0 Å². The normalized spacial score (nSPS) is 15.3. The van der Waals surface area contributed by atoms with Crippen LogP contribution in [0.5, 0.6) is 0 Å². The van der Waals surface area contributed by atoms with Crippen LogP contribution in [-0.4, -0.2) is 17.6 Å². The van der Waals surface area contributed by atoms with Crippen LogP contribution in [0, 0.1) is 19.8 Å². The molecule has 0 saturated carbocycles. The van der Waals surface area contributed by atoms with E-state index in [0.29, 0.717) is 5.76 Å². The van der Waals surface area contributed by atoms with Gasteiger partial charge in [0.15, 0.2) is 0 Å². The van der Waals surface area contributed by atoms with Crippen molar-refractivity contribution in [2.24, 2.45) is 5.92 Å². The van der Waals surface area contributed by atoms with Crippen molar-refractivity contribution >= 4 is 17.2 Å². The molecule has 0 aliphatic carbocycles. The van der Waals surface area contributed by atoms with E-state index in [4.69, 9.17) is 4.42 Å². The molecule has 2 unspecified atom stereocenters. The maximum absolute atomic E-state index is 12.2. The van der Waals surface area contributed by atoms with E-state index in [1.54, 1.807) is 18.3 Å². The van der Waals surface area contributed by atoms with Gasteiger partial charge in [0.2, 0.25) is 5.91 Å². The van der Waals surface area contributed by atoms with Gasteiger partial charge in [0.1, 0.15) is 17.1 Å². The molecule has 2 atom stereocenters. The average Bonchev–Trinajstić information content (AvgIpc) is 3.05. The number of nitrogens with one attached hydrogen (secondary N) is 1. The van der Waals surface area contributed by atoms with Crippen LogP contribution >= 0.6 is 11.3 Å². The summed E-state index contributed by atoms with van der Waals surface area (Å²) in [6, 6.07) is 5.83. The summed E-state index contributed by atoms with van der Waals surface area (Å²) in [5, 5.41) is 15.4. The second kappa shape index (κ2) is 6.67. The van der Waals surface area contributed by atoms with Crippen molar-refractivity contribution < 1.29 is 14.3 Å². The van der Waals surface area contributed by atoms with Crippen molar-refractivity contribution in [3.8, 4) is 0 Å². The van der Waals surface area contributed by atoms with Gasteiger partial charge in [0.05, 0.1) is 6.54 Å². The number of carbonyl (C=O) groups excluding carboxylic acids is 1. The first kappa shape index (κ1) is 16.8. The van der Waals surface area contributed by atoms with E-state index >= 15 is 0 Å². The number of furan rings is 1. The highest BCUT2D eigenvalue weighted by atomic mass is 32.1. The van der Waals surface area contributed by atoms with Crippen molar-refractivity contribution in [3.63, 3.8) is 0 Å². The summed E-state index contributed by atoms with van der Waals surface area (Å²) in [6.45, 7) is 7.41. The van der Waals surface area contributed by atoms with Crippen LogP contribution in [0.25, 0.3) is 0 Å². The van der Waals surface area contributed by atoms with Crippen LogP contribution in [0.4, 0.5) is 0 Å². The lowest BCUT2D eigenvalue weighted by molar-refractivity contribution is -0.125. The van der Waals surface area contributed by atoms with Crippen molar-refractivity contribution in [1.29, 1.82) is 0 Å². The number of amides is 1. The van der Waals surface area contributed by atoms with Gasteiger partial charge in [0.25, 0.3) is 0 Å². The van der Waals surface area contributed by atoms with Gasteiger partial charge in [-0.25, -0.2) is 0 Å². The van der Waals surface area contributed by atoms with Crippen molar-refractivity contribution in [1.82, 2.24) is 5.32 Å². The summed E-state index contributed by atoms with van der Waals surface area (Å²) in [5.41, 5.74) is -0.420. The Labute approximate surface area is 135 Å². The number of hydrogen-bond acceptors (Lipinski definition) is 4. The molecule has 0 aromatic carbocycles. The molecule has 22 heavy (non-hydrogen) atoms. The summed E-state index contributed by atoms with van der Waals surface area (Å²) in [7, 11) is 0. The van der Waals surface area contributed by atoms with Crippen LogP contribution < -0.4 is 5.32 Å². The molecule has 1 amide bonds. The second-order valence-electron chi connectivity index (χ2n) is 6.00. The van der Waals surface area contributed by atoms with Gasteiger partial charge in [-0.15, -0.1) is 11.3 Å².